The van der Waals surface area contributed by atoms with Crippen molar-refractivity contribution in [3.8, 4) is 0 Å². The molecule has 1 saturated carbocycles. The number of furan rings is 1. The van der Waals surface area contributed by atoms with E-state index in [-0.39, 0.29) is 5.78 Å². The van der Waals surface area contributed by atoms with Gasteiger partial charge in [0, 0.05) is 6.61 Å². The average molecular weight is 264 g/mol. The van der Waals surface area contributed by atoms with E-state index in [4.69, 9.17) is 9.15 Å². The molecule has 19 heavy (non-hydrogen) atoms. The molecule has 0 spiro atoms. The van der Waals surface area contributed by atoms with Crippen molar-refractivity contribution in [3.63, 3.8) is 0 Å². The molecule has 0 aliphatic heterocycles. The van der Waals surface area contributed by atoms with E-state index in [0.717, 1.165) is 31.4 Å². The molecule has 1 aromatic heterocycles. The minimum Gasteiger partial charge on any atom is -0.469 e. The molecule has 1 aliphatic carbocycles. The molecule has 0 saturated heterocycles. The Morgan fingerprint density at radius 2 is 2.00 bits per heavy atom. The van der Waals surface area contributed by atoms with Crippen LogP contribution in [0.1, 0.15) is 52.2 Å². The van der Waals surface area contributed by atoms with Crippen molar-refractivity contribution in [2.24, 2.45) is 5.41 Å². The third kappa shape index (κ3) is 3.27. The molecule has 0 radical (unpaired) electrons. The van der Waals surface area contributed by atoms with Gasteiger partial charge < -0.3 is 9.15 Å². The highest BCUT2D eigenvalue weighted by Gasteiger charge is 2.44. The molecule has 0 atom stereocenters. The normalized spacial score (nSPS) is 21.2. The molecule has 2 rings (SSSR count). The summed E-state index contributed by atoms with van der Waals surface area (Å²) >= 11 is 0. The zero-order chi connectivity index (χ0) is 13.9. The summed E-state index contributed by atoms with van der Waals surface area (Å²) in [5.74, 6) is 0.897. The number of Topliss-reactive ketones (excluding diaryl/α,β-unsaturated/α-hetero) is 1. The highest BCUT2D eigenvalue weighted by molar-refractivity contribution is 5.89. The third-order valence-electron chi connectivity index (χ3n) is 4.25. The van der Waals surface area contributed by atoms with Crippen molar-refractivity contribution < 1.29 is 13.9 Å². The van der Waals surface area contributed by atoms with Gasteiger partial charge in [-0.1, -0.05) is 13.8 Å². The Hall–Kier alpha value is -1.09. The lowest BCUT2D eigenvalue weighted by atomic mass is 9.69. The van der Waals surface area contributed by atoms with Gasteiger partial charge in [-0.15, -0.1) is 0 Å². The highest BCUT2D eigenvalue weighted by Crippen LogP contribution is 2.42. The fourth-order valence-corrected chi connectivity index (χ4v) is 2.84. The van der Waals surface area contributed by atoms with Gasteiger partial charge in [-0.2, -0.15) is 0 Å². The molecule has 0 N–H and O–H groups in total. The van der Waals surface area contributed by atoms with Gasteiger partial charge in [0.05, 0.1) is 12.7 Å². The number of rotatable bonds is 5. The van der Waals surface area contributed by atoms with Crippen molar-refractivity contribution in [3.05, 3.63) is 24.2 Å². The van der Waals surface area contributed by atoms with Gasteiger partial charge in [0.15, 0.2) is 5.78 Å². The predicted octanol–water partition coefficient (Wildman–Crippen LogP) is 3.77. The van der Waals surface area contributed by atoms with Crippen LogP contribution in [0.3, 0.4) is 0 Å². The van der Waals surface area contributed by atoms with Gasteiger partial charge in [-0.25, -0.2) is 0 Å². The summed E-state index contributed by atoms with van der Waals surface area (Å²) in [6, 6.07) is 3.67. The first kappa shape index (κ1) is 14.3. The van der Waals surface area contributed by atoms with E-state index in [1.807, 2.05) is 19.1 Å². The second kappa shape index (κ2) is 5.49. The molecule has 0 unspecified atom stereocenters. The largest absolute Gasteiger partial charge is 0.469 e. The van der Waals surface area contributed by atoms with Crippen LogP contribution in [-0.2, 0) is 16.0 Å². The zero-order valence-corrected chi connectivity index (χ0v) is 12.2. The average Bonchev–Trinajstić information content (AvgIpc) is 2.85. The number of carbonyl (C=O) groups excluding carboxylic acids is 1. The molecule has 1 heterocycles. The van der Waals surface area contributed by atoms with Crippen LogP contribution >= 0.6 is 0 Å². The summed E-state index contributed by atoms with van der Waals surface area (Å²) in [5, 5.41) is 0. The topological polar surface area (TPSA) is 39.4 Å². The van der Waals surface area contributed by atoms with Gasteiger partial charge in [0.1, 0.15) is 11.4 Å². The molecule has 3 heteroatoms. The minimum atomic E-state index is -0.586. The van der Waals surface area contributed by atoms with Crippen LogP contribution in [0, 0.1) is 5.41 Å². The van der Waals surface area contributed by atoms with Crippen LogP contribution in [0.4, 0.5) is 0 Å². The second-order valence-corrected chi connectivity index (χ2v) is 6.27. The van der Waals surface area contributed by atoms with Crippen molar-refractivity contribution >= 4 is 5.78 Å². The van der Waals surface area contributed by atoms with Crippen molar-refractivity contribution in [1.29, 1.82) is 0 Å². The quantitative estimate of drug-likeness (QED) is 0.812. The summed E-state index contributed by atoms with van der Waals surface area (Å²) in [5.41, 5.74) is -0.261. The van der Waals surface area contributed by atoms with Crippen LogP contribution in [0.5, 0.6) is 0 Å². The Bertz CT molecular complexity index is 407. The molecule has 1 aromatic rings. The van der Waals surface area contributed by atoms with Crippen molar-refractivity contribution in [2.45, 2.75) is 58.5 Å². The number of hydrogen-bond acceptors (Lipinski definition) is 3. The summed E-state index contributed by atoms with van der Waals surface area (Å²) in [7, 11) is 0. The predicted molar refractivity (Wildman–Crippen MR) is 74.0 cm³/mol. The van der Waals surface area contributed by atoms with Crippen LogP contribution < -0.4 is 0 Å². The van der Waals surface area contributed by atoms with E-state index in [0.29, 0.717) is 18.4 Å². The van der Waals surface area contributed by atoms with Gasteiger partial charge in [0.2, 0.25) is 0 Å². The summed E-state index contributed by atoms with van der Waals surface area (Å²) in [4.78, 5) is 12.6. The smallest absolute Gasteiger partial charge is 0.172 e. The Kier molecular flexibility index (Phi) is 4.14. The standard InChI is InChI=1S/C16H24O3/c1-4-19-16(9-7-15(2,3)8-10-16)14(17)12-13-6-5-11-18-13/h5-6,11H,4,7-10,12H2,1-3H3. The van der Waals surface area contributed by atoms with Crippen LogP contribution in [0.15, 0.2) is 22.8 Å². The van der Waals surface area contributed by atoms with E-state index in [9.17, 15) is 4.79 Å². The molecule has 0 amide bonds. The van der Waals surface area contributed by atoms with Crippen LogP contribution in [0.2, 0.25) is 0 Å². The highest BCUT2D eigenvalue weighted by atomic mass is 16.5. The third-order valence-corrected chi connectivity index (χ3v) is 4.25. The molecule has 0 bridgehead atoms. The number of ketones is 1. The lowest BCUT2D eigenvalue weighted by molar-refractivity contribution is -0.151. The van der Waals surface area contributed by atoms with Crippen molar-refractivity contribution in [1.82, 2.24) is 0 Å². The molecule has 3 nitrogen and oxygen atoms in total. The number of ether oxygens (including phenoxy) is 1. The van der Waals surface area contributed by atoms with E-state index in [1.54, 1.807) is 6.26 Å². The van der Waals surface area contributed by atoms with Gasteiger partial charge >= 0.3 is 0 Å². The Labute approximate surface area is 115 Å². The van der Waals surface area contributed by atoms with Crippen LogP contribution in [0.25, 0.3) is 0 Å². The fourth-order valence-electron chi connectivity index (χ4n) is 2.84. The zero-order valence-electron chi connectivity index (χ0n) is 12.2. The Morgan fingerprint density at radius 1 is 1.32 bits per heavy atom. The Morgan fingerprint density at radius 3 is 2.53 bits per heavy atom. The lowest BCUT2D eigenvalue weighted by Gasteiger charge is -2.42. The van der Waals surface area contributed by atoms with E-state index >= 15 is 0 Å². The minimum absolute atomic E-state index is 0.166. The summed E-state index contributed by atoms with van der Waals surface area (Å²) < 4.78 is 11.2. The van der Waals surface area contributed by atoms with E-state index in [1.165, 1.54) is 0 Å². The molecule has 1 aliphatic rings. The monoisotopic (exact) mass is 264 g/mol. The van der Waals surface area contributed by atoms with Gasteiger partial charge in [0.25, 0.3) is 0 Å². The maximum absolute atomic E-state index is 12.6. The molecular weight excluding hydrogens is 240 g/mol. The first-order chi connectivity index (χ1) is 8.97. The molecular formula is C16H24O3. The molecule has 106 valence electrons. The number of hydrogen-bond donors (Lipinski definition) is 0. The second-order valence-electron chi connectivity index (χ2n) is 6.27. The van der Waals surface area contributed by atoms with E-state index < -0.39 is 5.60 Å². The van der Waals surface area contributed by atoms with E-state index in [2.05, 4.69) is 13.8 Å². The fraction of sp³-hybridized carbons (Fsp3) is 0.688. The summed E-state index contributed by atoms with van der Waals surface area (Å²) in [6.45, 7) is 7.08. The molecule has 0 aromatic carbocycles. The SMILES string of the molecule is CCOC1(C(=O)Cc2ccco2)CCC(C)(C)CC1. The van der Waals surface area contributed by atoms with Crippen LogP contribution in [-0.4, -0.2) is 18.0 Å². The molecule has 1 fully saturated rings. The Balaban J connectivity index is 2.09. The maximum atomic E-state index is 12.6. The summed E-state index contributed by atoms with van der Waals surface area (Å²) in [6.07, 6.45) is 5.68. The first-order valence-electron chi connectivity index (χ1n) is 7.17. The maximum Gasteiger partial charge on any atom is 0.172 e. The van der Waals surface area contributed by atoms with Gasteiger partial charge in [-0.05, 0) is 50.2 Å². The lowest BCUT2D eigenvalue weighted by Crippen LogP contribution is -2.47. The first-order valence-corrected chi connectivity index (χ1v) is 7.17. The van der Waals surface area contributed by atoms with Gasteiger partial charge in [-0.3, -0.25) is 4.79 Å². The van der Waals surface area contributed by atoms with Crippen molar-refractivity contribution in [2.75, 3.05) is 6.61 Å². The number of carbonyl (C=O) groups is 1.